The summed E-state index contributed by atoms with van der Waals surface area (Å²) in [4.78, 5) is 50.2. The van der Waals surface area contributed by atoms with Gasteiger partial charge in [-0.3, -0.25) is 34.6 Å². The summed E-state index contributed by atoms with van der Waals surface area (Å²) in [6.07, 6.45) is 15.4. The van der Waals surface area contributed by atoms with Gasteiger partial charge < -0.3 is 29.2 Å². The van der Waals surface area contributed by atoms with Gasteiger partial charge in [0.25, 0.3) is 5.91 Å². The topological polar surface area (TPSA) is 140 Å². The van der Waals surface area contributed by atoms with Crippen molar-refractivity contribution in [2.24, 2.45) is 16.7 Å². The van der Waals surface area contributed by atoms with E-state index in [0.717, 1.165) is 145 Å². The van der Waals surface area contributed by atoms with Gasteiger partial charge in [-0.05, 0) is 158 Å². The van der Waals surface area contributed by atoms with Crippen LogP contribution in [0, 0.1) is 16.7 Å². The fourth-order valence-electron chi connectivity index (χ4n) is 13.1. The molecule has 0 radical (unpaired) electrons. The summed E-state index contributed by atoms with van der Waals surface area (Å²) < 4.78 is 14.3. The largest absolute Gasteiger partial charge is 0.380 e. The number of benzene rings is 1. The van der Waals surface area contributed by atoms with E-state index in [0.29, 0.717) is 31.8 Å². The lowest BCUT2D eigenvalue weighted by atomic mass is 9.76. The van der Waals surface area contributed by atoms with Crippen LogP contribution >= 0.6 is 0 Å². The maximum atomic E-state index is 15.2. The quantitative estimate of drug-likeness (QED) is 0.0655. The van der Waals surface area contributed by atoms with E-state index in [1.54, 1.807) is 7.11 Å². The number of nitrogens with one attached hydrogen (secondary N) is 2. The van der Waals surface area contributed by atoms with Crippen molar-refractivity contribution in [3.63, 3.8) is 0 Å². The van der Waals surface area contributed by atoms with Gasteiger partial charge in [0.15, 0.2) is 0 Å². The highest BCUT2D eigenvalue weighted by Crippen LogP contribution is 2.44. The van der Waals surface area contributed by atoms with Gasteiger partial charge in [-0.2, -0.15) is 0 Å². The number of hydrazine groups is 1. The van der Waals surface area contributed by atoms with Gasteiger partial charge in [-0.1, -0.05) is 60.3 Å². The molecule has 15 heteroatoms. The molecule has 5 aliphatic rings. The molecule has 5 aliphatic heterocycles. The van der Waals surface area contributed by atoms with Gasteiger partial charge >= 0.3 is 0 Å². The Morgan fingerprint density at radius 1 is 0.946 bits per heavy atom. The van der Waals surface area contributed by atoms with Gasteiger partial charge in [0.2, 0.25) is 5.91 Å². The van der Waals surface area contributed by atoms with Gasteiger partial charge in [-0.25, -0.2) is 10.3 Å². The van der Waals surface area contributed by atoms with Crippen LogP contribution in [0.3, 0.4) is 0 Å². The van der Waals surface area contributed by atoms with Crippen molar-refractivity contribution in [1.29, 1.82) is 0 Å². The second-order valence-electron chi connectivity index (χ2n) is 24.2. The number of carbonyl (C=O) groups excluding carboxylic acids is 2. The number of pyridine rings is 1. The van der Waals surface area contributed by atoms with Gasteiger partial charge in [-0.15, -0.1) is 0 Å². The third-order valence-electron chi connectivity index (χ3n) is 17.4. The van der Waals surface area contributed by atoms with Crippen molar-refractivity contribution < 1.29 is 29.2 Å². The van der Waals surface area contributed by atoms with Crippen LogP contribution in [0.5, 0.6) is 0 Å². The number of aryl methyl sites for hydroxylation is 1. The van der Waals surface area contributed by atoms with E-state index in [-0.39, 0.29) is 47.9 Å². The molecule has 0 unspecified atom stereocenters. The molecule has 74 heavy (non-hydrogen) atoms. The first-order valence-corrected chi connectivity index (χ1v) is 29.0. The molecular weight excluding hydrogens is 931 g/mol. The Bertz CT molecular complexity index is 2280. The summed E-state index contributed by atoms with van der Waals surface area (Å²) in [5.74, 6) is 0.467. The third-order valence-corrected chi connectivity index (χ3v) is 17.4. The second-order valence-corrected chi connectivity index (χ2v) is 24.2. The zero-order valence-corrected chi connectivity index (χ0v) is 47.1. The average Bonchev–Trinajstić information content (AvgIpc) is 3.73. The first-order valence-electron chi connectivity index (χ1n) is 29.0. The summed E-state index contributed by atoms with van der Waals surface area (Å²) in [5.41, 5.74) is 11.1. The summed E-state index contributed by atoms with van der Waals surface area (Å²) in [6, 6.07) is 8.13. The Hall–Kier alpha value is -3.67. The fourth-order valence-corrected chi connectivity index (χ4v) is 13.1. The standard InChI is InChI=1S/C59H95N9O6/c1-10-26-64(32-24-51(66-37-59(38-66)40-73-41-59)53(57(70)68-29-19-16-25-61-68)62-56(69)54(42(3)4)65-27-17-14-12-13-15-18-28-65)46-20-21-50-47(34-46)49(35-58(6,7)39-74-71)55(67(50)11-2)48-33-45(36-60-52(48)43(5)72-9)44-22-30-63(8)31-23-44/h20-21,33-34,36,42-44,51,53-54,61,71H,10-19,22-32,35,37-41H2,1-9H3,(H,62,69)/t43-,51+,53-,54-/m0/s1. The number of aromatic nitrogens is 2. The van der Waals surface area contributed by atoms with Crippen LogP contribution in [0.1, 0.15) is 154 Å². The molecule has 3 N–H and O–H groups in total. The maximum Gasteiger partial charge on any atom is 0.260 e. The molecular formula is C59H95N9O6. The number of piperidine rings is 1. The van der Waals surface area contributed by atoms with E-state index in [4.69, 9.17) is 19.3 Å². The Balaban J connectivity index is 1.18. The van der Waals surface area contributed by atoms with Crippen molar-refractivity contribution in [1.82, 2.24) is 40.0 Å². The minimum atomic E-state index is -0.720. The lowest BCUT2D eigenvalue weighted by molar-refractivity contribution is -0.259. The van der Waals surface area contributed by atoms with Crippen LogP contribution in [0.2, 0.25) is 0 Å². The lowest BCUT2D eigenvalue weighted by Crippen LogP contribution is -2.73. The minimum Gasteiger partial charge on any atom is -0.380 e. The zero-order chi connectivity index (χ0) is 52.6. The summed E-state index contributed by atoms with van der Waals surface area (Å²) in [6.45, 7) is 26.2. The maximum absolute atomic E-state index is 15.2. The average molecular weight is 1030 g/mol. The van der Waals surface area contributed by atoms with E-state index >= 15 is 9.59 Å². The molecule has 4 atom stereocenters. The summed E-state index contributed by atoms with van der Waals surface area (Å²) in [7, 11) is 3.97. The van der Waals surface area contributed by atoms with Crippen molar-refractivity contribution in [2.75, 3.05) is 104 Å². The normalized spacial score (nSPS) is 21.4. The Kier molecular flexibility index (Phi) is 19.6. The highest BCUT2D eigenvalue weighted by atomic mass is 17.1. The number of nitrogens with zero attached hydrogens (tertiary/aromatic N) is 7. The monoisotopic (exact) mass is 1030 g/mol. The van der Waals surface area contributed by atoms with Crippen molar-refractivity contribution in [2.45, 2.75) is 169 Å². The summed E-state index contributed by atoms with van der Waals surface area (Å²) in [5, 5.41) is 16.4. The number of carbonyl (C=O) groups is 2. The van der Waals surface area contributed by atoms with Crippen LogP contribution in [-0.4, -0.2) is 164 Å². The molecule has 0 saturated carbocycles. The minimum absolute atomic E-state index is 0.0221. The first kappa shape index (κ1) is 56.5. The van der Waals surface area contributed by atoms with E-state index in [1.165, 1.54) is 42.2 Å². The molecule has 3 aromatic rings. The van der Waals surface area contributed by atoms with Crippen LogP contribution in [0.4, 0.5) is 5.69 Å². The first-order chi connectivity index (χ1) is 35.7. The van der Waals surface area contributed by atoms with E-state index in [9.17, 15) is 5.26 Å². The SMILES string of the molecule is CCCN(CC[C@H]([C@H](NC(=O)[C@H](C(C)C)N1CCCCCCCC1)C(=O)N1CCCCN1)N1CC2(COC2)C1)c1ccc2c(c1)c(CC(C)(C)COO)c(-c1cc(C3CCN(C)CC3)cnc1[C@H](C)OC)n2CC. The predicted octanol–water partition coefficient (Wildman–Crippen LogP) is 8.90. The van der Waals surface area contributed by atoms with Crippen LogP contribution in [0.25, 0.3) is 22.2 Å². The number of methoxy groups -OCH3 is 1. The molecule has 0 bridgehead atoms. The molecule has 8 rings (SSSR count). The zero-order valence-electron chi connectivity index (χ0n) is 47.1. The van der Waals surface area contributed by atoms with E-state index in [2.05, 4.69) is 121 Å². The van der Waals surface area contributed by atoms with Crippen LogP contribution in [0.15, 0.2) is 30.5 Å². The van der Waals surface area contributed by atoms with E-state index in [1.807, 2.05) is 5.01 Å². The molecule has 7 heterocycles. The number of likely N-dealkylation sites (tertiary alicyclic amines) is 2. The highest BCUT2D eigenvalue weighted by Gasteiger charge is 2.53. The number of ether oxygens (including phenoxy) is 2. The van der Waals surface area contributed by atoms with Crippen molar-refractivity contribution in [3.05, 3.63) is 47.3 Å². The lowest BCUT2D eigenvalue weighted by Gasteiger charge is -2.58. The van der Waals surface area contributed by atoms with Crippen molar-refractivity contribution >= 4 is 28.4 Å². The second kappa shape index (κ2) is 25.7. The molecule has 0 aliphatic carbocycles. The highest BCUT2D eigenvalue weighted by molar-refractivity contribution is 5.95. The molecule has 2 amide bonds. The smallest absolute Gasteiger partial charge is 0.260 e. The Morgan fingerprint density at radius 2 is 1.65 bits per heavy atom. The van der Waals surface area contributed by atoms with Gasteiger partial charge in [0, 0.05) is 92.7 Å². The number of anilines is 1. The predicted molar refractivity (Wildman–Crippen MR) is 296 cm³/mol. The number of hydrogen-bond acceptors (Lipinski definition) is 12. The van der Waals surface area contributed by atoms with E-state index < -0.39 is 11.5 Å². The molecule has 5 saturated heterocycles. The third kappa shape index (κ3) is 13.0. The molecule has 15 nitrogen and oxygen atoms in total. The Morgan fingerprint density at radius 3 is 2.26 bits per heavy atom. The fraction of sp³-hybridized carbons (Fsp3) is 0.746. The van der Waals surface area contributed by atoms with Crippen LogP contribution < -0.4 is 15.6 Å². The van der Waals surface area contributed by atoms with Gasteiger partial charge in [0.05, 0.1) is 43.4 Å². The number of fused-ring (bicyclic) bond motifs is 1. The number of hydrogen-bond donors (Lipinski definition) is 3. The number of amides is 2. The molecule has 2 aromatic heterocycles. The van der Waals surface area contributed by atoms with Gasteiger partial charge in [0.1, 0.15) is 6.04 Å². The molecule has 1 spiro atoms. The molecule has 5 fully saturated rings. The molecule has 1 aromatic carbocycles. The Labute approximate surface area is 444 Å². The molecule has 412 valence electrons. The van der Waals surface area contributed by atoms with Crippen molar-refractivity contribution in [3.8, 4) is 11.3 Å². The van der Waals surface area contributed by atoms with Crippen LogP contribution in [-0.2, 0) is 36.9 Å². The number of rotatable bonds is 22. The summed E-state index contributed by atoms with van der Waals surface area (Å²) >= 11 is 0.